The van der Waals surface area contributed by atoms with Crippen LogP contribution < -0.4 is 10.5 Å². The summed E-state index contributed by atoms with van der Waals surface area (Å²) in [6, 6.07) is 10.4. The summed E-state index contributed by atoms with van der Waals surface area (Å²) in [6.45, 7) is 2.11. The van der Waals surface area contributed by atoms with Crippen molar-refractivity contribution < 1.29 is 4.52 Å². The maximum Gasteiger partial charge on any atom is 0.280 e. The number of nitrogens with zero attached hydrogens (tertiary/aromatic N) is 8. The number of hydrogen-bond acceptors (Lipinski definition) is 8. The van der Waals surface area contributed by atoms with Gasteiger partial charge in [0.15, 0.2) is 17.0 Å². The summed E-state index contributed by atoms with van der Waals surface area (Å²) in [6.07, 6.45) is 5.01. The van der Waals surface area contributed by atoms with Crippen molar-refractivity contribution >= 4 is 27.8 Å². The molecule has 1 aliphatic heterocycles. The average Bonchev–Trinajstić information content (AvgIpc) is 3.24. The molecule has 33 heavy (non-hydrogen) atoms. The second-order valence-corrected chi connectivity index (χ2v) is 8.90. The minimum absolute atomic E-state index is 0.178. The van der Waals surface area contributed by atoms with Crippen LogP contribution in [-0.2, 0) is 13.6 Å². The smallest absolute Gasteiger partial charge is 0.280 e. The van der Waals surface area contributed by atoms with Gasteiger partial charge in [-0.1, -0.05) is 23.4 Å². The van der Waals surface area contributed by atoms with Crippen molar-refractivity contribution in [3.63, 3.8) is 0 Å². The van der Waals surface area contributed by atoms with E-state index in [1.807, 2.05) is 24.4 Å². The molecule has 5 aromatic rings. The lowest BCUT2D eigenvalue weighted by molar-refractivity contribution is 0.363. The number of anilines is 1. The van der Waals surface area contributed by atoms with Gasteiger partial charge in [0.1, 0.15) is 12.9 Å². The van der Waals surface area contributed by atoms with Crippen LogP contribution in [0, 0.1) is 11.8 Å². The largest absolute Gasteiger partial charge is 0.370 e. The van der Waals surface area contributed by atoms with E-state index in [0.717, 1.165) is 35.5 Å². The molecule has 5 heterocycles. The molecule has 1 aromatic carbocycles. The number of piperidine rings is 1. The Labute approximate surface area is 187 Å². The number of rotatable bonds is 4. The van der Waals surface area contributed by atoms with Crippen LogP contribution in [0.25, 0.3) is 22.1 Å². The van der Waals surface area contributed by atoms with Crippen molar-refractivity contribution in [2.45, 2.75) is 12.5 Å². The van der Waals surface area contributed by atoms with Crippen LogP contribution in [0.5, 0.6) is 0 Å². The molecule has 4 aromatic heterocycles. The van der Waals surface area contributed by atoms with Gasteiger partial charge in [0.25, 0.3) is 5.56 Å². The maximum absolute atomic E-state index is 12.7. The third-order valence-electron chi connectivity index (χ3n) is 6.92. The lowest BCUT2D eigenvalue weighted by atomic mass is 10.2. The number of benzene rings is 1. The molecule has 1 saturated heterocycles. The topological polar surface area (TPSA) is 108 Å². The van der Waals surface area contributed by atoms with E-state index >= 15 is 0 Å². The zero-order valence-corrected chi connectivity index (χ0v) is 17.9. The summed E-state index contributed by atoms with van der Waals surface area (Å²) in [7, 11) is 1.77. The van der Waals surface area contributed by atoms with Crippen molar-refractivity contribution in [3.8, 4) is 0 Å². The zero-order chi connectivity index (χ0) is 22.1. The molecule has 164 valence electrons. The van der Waals surface area contributed by atoms with Crippen LogP contribution in [0.15, 0.2) is 58.5 Å². The summed E-state index contributed by atoms with van der Waals surface area (Å²) < 4.78 is 8.62. The number of pyridine rings is 1. The van der Waals surface area contributed by atoms with Crippen LogP contribution in [0.4, 0.5) is 5.69 Å². The number of aryl methyl sites for hydroxylation is 1. The van der Waals surface area contributed by atoms with Gasteiger partial charge in [-0.15, -0.1) is 0 Å². The van der Waals surface area contributed by atoms with Gasteiger partial charge in [0.05, 0.1) is 23.7 Å². The van der Waals surface area contributed by atoms with Crippen molar-refractivity contribution in [1.29, 1.82) is 0 Å². The first kappa shape index (κ1) is 18.5. The number of imidazole rings is 1. The van der Waals surface area contributed by atoms with E-state index in [1.165, 1.54) is 10.9 Å². The summed E-state index contributed by atoms with van der Waals surface area (Å²) in [5.74, 6) is 2.48. The Morgan fingerprint density at radius 2 is 1.91 bits per heavy atom. The van der Waals surface area contributed by atoms with E-state index < -0.39 is 0 Å². The van der Waals surface area contributed by atoms with Gasteiger partial charge in [-0.3, -0.25) is 14.3 Å². The maximum atomic E-state index is 12.7. The van der Waals surface area contributed by atoms with Crippen LogP contribution in [0.3, 0.4) is 0 Å². The molecule has 10 nitrogen and oxygen atoms in total. The van der Waals surface area contributed by atoms with Gasteiger partial charge in [-0.25, -0.2) is 9.97 Å². The van der Waals surface area contributed by atoms with Gasteiger partial charge in [-0.05, 0) is 24.0 Å². The number of aromatic nitrogens is 7. The molecule has 1 saturated carbocycles. The van der Waals surface area contributed by atoms with Crippen molar-refractivity contribution in [1.82, 2.24) is 34.2 Å². The molecular weight excluding hydrogens is 420 g/mol. The normalized spacial score (nSPS) is 21.7. The highest BCUT2D eigenvalue weighted by molar-refractivity contribution is 5.81. The fourth-order valence-corrected chi connectivity index (χ4v) is 5.15. The third kappa shape index (κ3) is 2.86. The monoisotopic (exact) mass is 440 g/mol. The molecular formula is C23H20N8O2. The first-order valence-electron chi connectivity index (χ1n) is 10.9. The minimum Gasteiger partial charge on any atom is -0.370 e. The first-order chi connectivity index (χ1) is 16.2. The van der Waals surface area contributed by atoms with Crippen molar-refractivity contribution in [3.05, 3.63) is 71.3 Å². The first-order valence-corrected chi connectivity index (χ1v) is 10.9. The Kier molecular flexibility index (Phi) is 3.76. The molecule has 2 atom stereocenters. The standard InChI is InChI=1S/C23H20N8O2/c1-29-11-25-22-20(29)23(32)31(12-26-22)10-18-27-21(28-33-18)19-15-8-30(9-16(15)19)14-6-13-4-2-3-5-17(13)24-7-14/h2-7,11-12,15-16,19H,8-10H2,1H3. The van der Waals surface area contributed by atoms with Crippen LogP contribution >= 0.6 is 0 Å². The van der Waals surface area contributed by atoms with E-state index in [9.17, 15) is 4.79 Å². The molecule has 0 N–H and O–H groups in total. The summed E-state index contributed by atoms with van der Waals surface area (Å²) in [5, 5.41) is 5.38. The molecule has 0 radical (unpaired) electrons. The highest BCUT2D eigenvalue weighted by Gasteiger charge is 2.58. The zero-order valence-electron chi connectivity index (χ0n) is 17.9. The van der Waals surface area contributed by atoms with Crippen LogP contribution in [0.1, 0.15) is 17.6 Å². The lowest BCUT2D eigenvalue weighted by Gasteiger charge is -2.21. The molecule has 2 aliphatic rings. The van der Waals surface area contributed by atoms with Gasteiger partial charge in [0.2, 0.25) is 5.89 Å². The molecule has 0 amide bonds. The van der Waals surface area contributed by atoms with Gasteiger partial charge < -0.3 is 14.0 Å². The summed E-state index contributed by atoms with van der Waals surface area (Å²) >= 11 is 0. The van der Waals surface area contributed by atoms with Gasteiger partial charge >= 0.3 is 0 Å². The molecule has 2 fully saturated rings. The molecule has 0 bridgehead atoms. The van der Waals surface area contributed by atoms with Crippen molar-refractivity contribution in [2.24, 2.45) is 18.9 Å². The third-order valence-corrected chi connectivity index (χ3v) is 6.92. The molecule has 0 spiro atoms. The molecule has 7 rings (SSSR count). The van der Waals surface area contributed by atoms with E-state index in [0.29, 0.717) is 34.8 Å². The highest BCUT2D eigenvalue weighted by Crippen LogP contribution is 2.57. The van der Waals surface area contributed by atoms with Crippen LogP contribution in [-0.4, -0.2) is 47.3 Å². The average molecular weight is 440 g/mol. The second-order valence-electron chi connectivity index (χ2n) is 8.90. The number of para-hydroxylation sites is 1. The SMILES string of the molecule is Cn1cnc2ncn(Cc3nc(C4C5CN(c6cnc7ccccc7c6)CC54)no3)c(=O)c21. The fourth-order valence-electron chi connectivity index (χ4n) is 5.15. The van der Waals surface area contributed by atoms with Crippen LogP contribution in [0.2, 0.25) is 0 Å². The Hall–Kier alpha value is -4.08. The van der Waals surface area contributed by atoms with Gasteiger partial charge in [0, 0.05) is 31.4 Å². The Balaban J connectivity index is 1.06. The fraction of sp³-hybridized carbons (Fsp3) is 0.304. The minimum atomic E-state index is -0.178. The van der Waals surface area contributed by atoms with E-state index in [4.69, 9.17) is 4.52 Å². The molecule has 2 unspecified atom stereocenters. The molecule has 10 heteroatoms. The summed E-state index contributed by atoms with van der Waals surface area (Å²) in [5.41, 5.74) is 2.88. The Morgan fingerprint density at radius 3 is 2.79 bits per heavy atom. The van der Waals surface area contributed by atoms with E-state index in [2.05, 4.69) is 42.1 Å². The van der Waals surface area contributed by atoms with E-state index in [-0.39, 0.29) is 12.1 Å². The highest BCUT2D eigenvalue weighted by atomic mass is 16.5. The Bertz CT molecular complexity index is 1570. The lowest BCUT2D eigenvalue weighted by Crippen LogP contribution is -2.24. The van der Waals surface area contributed by atoms with E-state index in [1.54, 1.807) is 17.9 Å². The number of fused-ring (bicyclic) bond motifs is 3. The summed E-state index contributed by atoms with van der Waals surface area (Å²) in [4.78, 5) is 32.7. The Morgan fingerprint density at radius 1 is 1.09 bits per heavy atom. The number of hydrogen-bond donors (Lipinski definition) is 0. The molecule has 1 aliphatic carbocycles. The van der Waals surface area contributed by atoms with Crippen molar-refractivity contribution in [2.75, 3.05) is 18.0 Å². The van der Waals surface area contributed by atoms with Gasteiger partial charge in [-0.2, -0.15) is 4.98 Å². The predicted molar refractivity (Wildman–Crippen MR) is 120 cm³/mol. The predicted octanol–water partition coefficient (Wildman–Crippen LogP) is 1.96. The quantitative estimate of drug-likeness (QED) is 0.417. The second kappa shape index (κ2) is 6.71.